The number of hydrogen-bond acceptors (Lipinski definition) is 5. The second-order valence-electron chi connectivity index (χ2n) is 6.61. The molecule has 0 saturated carbocycles. The third-order valence-corrected chi connectivity index (χ3v) is 5.87. The molecule has 4 rings (SSSR count). The van der Waals surface area contributed by atoms with E-state index in [0.717, 1.165) is 16.1 Å². The number of carbonyl (C=O) groups is 1. The molecule has 8 heteroatoms. The fourth-order valence-corrected chi connectivity index (χ4v) is 4.05. The molecule has 28 heavy (non-hydrogen) atoms. The van der Waals surface area contributed by atoms with Crippen LogP contribution >= 0.6 is 0 Å². The number of aromatic nitrogens is 2. The fourth-order valence-electron chi connectivity index (χ4n) is 3.02. The first-order valence-electron chi connectivity index (χ1n) is 8.70. The van der Waals surface area contributed by atoms with Crippen LogP contribution in [0.25, 0.3) is 11.4 Å². The molecule has 1 aliphatic rings. The van der Waals surface area contributed by atoms with Gasteiger partial charge >= 0.3 is 0 Å². The quantitative estimate of drug-likeness (QED) is 0.734. The molecule has 2 heterocycles. The van der Waals surface area contributed by atoms with Crippen LogP contribution in [0.4, 0.5) is 5.82 Å². The molecule has 0 bridgehead atoms. The lowest BCUT2D eigenvalue weighted by atomic mass is 10.1. The molecule has 142 valence electrons. The standard InChI is InChI=1S/C20H18N4O3S/c1-13-8-10-16(11-9-13)28(26,27)23-24-18(25)12-17-14(2)21-19(22-20(17)24)15-6-4-3-5-7-15/h3-11,23H,12H2,1-2H3. The summed E-state index contributed by atoms with van der Waals surface area (Å²) in [5.41, 5.74) is 3.00. The SMILES string of the molecule is Cc1ccc(S(=O)(=O)NN2C(=O)Cc3c(C)nc(-c4ccccc4)nc32)cc1. The van der Waals surface area contributed by atoms with Gasteiger partial charge in [0.2, 0.25) is 5.91 Å². The molecule has 0 unspecified atom stereocenters. The largest absolute Gasteiger partial charge is 0.273 e. The predicted molar refractivity (Wildman–Crippen MR) is 105 cm³/mol. The summed E-state index contributed by atoms with van der Waals surface area (Å²) in [5, 5.41) is 1.01. The van der Waals surface area contributed by atoms with E-state index in [-0.39, 0.29) is 17.1 Å². The monoisotopic (exact) mass is 394 g/mol. The van der Waals surface area contributed by atoms with Crippen molar-refractivity contribution in [2.45, 2.75) is 25.2 Å². The molecule has 1 aromatic heterocycles. The minimum Gasteiger partial charge on any atom is -0.273 e. The zero-order chi connectivity index (χ0) is 19.9. The molecule has 3 aromatic rings. The number of rotatable bonds is 4. The van der Waals surface area contributed by atoms with Crippen molar-refractivity contribution in [1.29, 1.82) is 0 Å². The lowest BCUT2D eigenvalue weighted by Gasteiger charge is -2.18. The van der Waals surface area contributed by atoms with E-state index in [1.54, 1.807) is 19.1 Å². The molecule has 0 aliphatic carbocycles. The van der Waals surface area contributed by atoms with Crippen molar-refractivity contribution in [3.05, 3.63) is 71.4 Å². The first-order valence-corrected chi connectivity index (χ1v) is 10.2. The number of hydrogen-bond donors (Lipinski definition) is 1. The number of nitrogens with zero attached hydrogens (tertiary/aromatic N) is 3. The minimum atomic E-state index is -3.93. The first-order chi connectivity index (χ1) is 13.3. The molecule has 0 spiro atoms. The second-order valence-corrected chi connectivity index (χ2v) is 8.28. The van der Waals surface area contributed by atoms with Gasteiger partial charge in [0.05, 0.1) is 11.3 Å². The Kier molecular flexibility index (Phi) is 4.44. The van der Waals surface area contributed by atoms with E-state index in [4.69, 9.17) is 0 Å². The summed E-state index contributed by atoms with van der Waals surface area (Å²) in [5.74, 6) is 0.312. The summed E-state index contributed by atoms with van der Waals surface area (Å²) >= 11 is 0. The maximum absolute atomic E-state index is 12.7. The number of nitrogens with one attached hydrogen (secondary N) is 1. The zero-order valence-electron chi connectivity index (χ0n) is 15.4. The summed E-state index contributed by atoms with van der Waals surface area (Å²) in [6.07, 6.45) is 0.0483. The number of hydrazine groups is 1. The lowest BCUT2D eigenvalue weighted by Crippen LogP contribution is -2.44. The number of carbonyl (C=O) groups excluding carboxylic acids is 1. The highest BCUT2D eigenvalue weighted by Gasteiger charge is 2.35. The summed E-state index contributed by atoms with van der Waals surface area (Å²) in [6.45, 7) is 3.66. The van der Waals surface area contributed by atoms with Crippen LogP contribution in [0.2, 0.25) is 0 Å². The summed E-state index contributed by atoms with van der Waals surface area (Å²) in [4.78, 5) is 23.9. The summed E-state index contributed by atoms with van der Waals surface area (Å²) in [6, 6.07) is 15.7. The van der Waals surface area contributed by atoms with E-state index in [1.807, 2.05) is 37.3 Å². The Hall–Kier alpha value is -3.10. The first kappa shape index (κ1) is 18.3. The van der Waals surface area contributed by atoms with Crippen molar-refractivity contribution in [1.82, 2.24) is 14.8 Å². The highest BCUT2D eigenvalue weighted by atomic mass is 32.2. The Morgan fingerprint density at radius 3 is 2.32 bits per heavy atom. The maximum atomic E-state index is 12.7. The molecule has 0 fully saturated rings. The van der Waals surface area contributed by atoms with Gasteiger partial charge in [-0.2, -0.15) is 0 Å². The van der Waals surface area contributed by atoms with Gasteiger partial charge < -0.3 is 0 Å². The average Bonchev–Trinajstić information content (AvgIpc) is 2.99. The fraction of sp³-hybridized carbons (Fsp3) is 0.150. The number of aryl methyl sites for hydroxylation is 2. The van der Waals surface area contributed by atoms with Gasteiger partial charge in [-0.25, -0.2) is 23.4 Å². The van der Waals surface area contributed by atoms with Gasteiger partial charge in [-0.1, -0.05) is 48.0 Å². The molecule has 1 aliphatic heterocycles. The number of amides is 1. The average molecular weight is 394 g/mol. The molecule has 0 saturated heterocycles. The van der Waals surface area contributed by atoms with Gasteiger partial charge in [-0.3, -0.25) is 4.79 Å². The van der Waals surface area contributed by atoms with E-state index in [9.17, 15) is 13.2 Å². The zero-order valence-corrected chi connectivity index (χ0v) is 16.2. The number of benzene rings is 2. The third kappa shape index (κ3) is 3.28. The van der Waals surface area contributed by atoms with Crippen LogP contribution < -0.4 is 9.84 Å². The molecule has 0 radical (unpaired) electrons. The van der Waals surface area contributed by atoms with E-state index < -0.39 is 15.9 Å². The molecule has 1 N–H and O–H groups in total. The van der Waals surface area contributed by atoms with E-state index >= 15 is 0 Å². The highest BCUT2D eigenvalue weighted by molar-refractivity contribution is 7.89. The van der Waals surface area contributed by atoms with Gasteiger partial charge in [-0.05, 0) is 26.0 Å². The van der Waals surface area contributed by atoms with Gasteiger partial charge in [0.15, 0.2) is 11.6 Å². The molecule has 0 atom stereocenters. The Balaban J connectivity index is 1.74. The normalized spacial score (nSPS) is 13.6. The van der Waals surface area contributed by atoms with Gasteiger partial charge in [0.1, 0.15) is 0 Å². The van der Waals surface area contributed by atoms with Crippen LogP contribution in [0.1, 0.15) is 16.8 Å². The van der Waals surface area contributed by atoms with Gasteiger partial charge in [0, 0.05) is 16.8 Å². The van der Waals surface area contributed by atoms with Crippen LogP contribution in [0.5, 0.6) is 0 Å². The van der Waals surface area contributed by atoms with Gasteiger partial charge in [0.25, 0.3) is 10.0 Å². The van der Waals surface area contributed by atoms with Crippen molar-refractivity contribution < 1.29 is 13.2 Å². The Bertz CT molecular complexity index is 1160. The molecular formula is C20H18N4O3S. The van der Waals surface area contributed by atoms with Crippen LogP contribution in [0.15, 0.2) is 59.5 Å². The Morgan fingerprint density at radius 2 is 1.64 bits per heavy atom. The highest BCUT2D eigenvalue weighted by Crippen LogP contribution is 2.30. The minimum absolute atomic E-state index is 0.0483. The van der Waals surface area contributed by atoms with Crippen molar-refractivity contribution in [3.63, 3.8) is 0 Å². The molecule has 1 amide bonds. The smallest absolute Gasteiger partial charge is 0.257 e. The van der Waals surface area contributed by atoms with Crippen LogP contribution in [-0.2, 0) is 21.2 Å². The van der Waals surface area contributed by atoms with Crippen molar-refractivity contribution >= 4 is 21.7 Å². The number of sulfonamides is 1. The summed E-state index contributed by atoms with van der Waals surface area (Å²) < 4.78 is 25.5. The number of anilines is 1. The molecule has 2 aromatic carbocycles. The van der Waals surface area contributed by atoms with E-state index in [2.05, 4.69) is 14.8 Å². The molecule has 7 nitrogen and oxygen atoms in total. The van der Waals surface area contributed by atoms with E-state index in [0.29, 0.717) is 17.1 Å². The summed E-state index contributed by atoms with van der Waals surface area (Å²) in [7, 11) is -3.93. The van der Waals surface area contributed by atoms with E-state index in [1.165, 1.54) is 12.1 Å². The Morgan fingerprint density at radius 1 is 0.964 bits per heavy atom. The molecular weight excluding hydrogens is 376 g/mol. The van der Waals surface area contributed by atoms with Crippen LogP contribution in [0, 0.1) is 13.8 Å². The van der Waals surface area contributed by atoms with Crippen LogP contribution in [0.3, 0.4) is 0 Å². The van der Waals surface area contributed by atoms with Crippen LogP contribution in [-0.4, -0.2) is 24.3 Å². The second kappa shape index (κ2) is 6.81. The predicted octanol–water partition coefficient (Wildman–Crippen LogP) is 2.54. The lowest BCUT2D eigenvalue weighted by molar-refractivity contribution is -0.117. The van der Waals surface area contributed by atoms with Crippen molar-refractivity contribution in [3.8, 4) is 11.4 Å². The maximum Gasteiger partial charge on any atom is 0.257 e. The topological polar surface area (TPSA) is 92.3 Å². The number of fused-ring (bicyclic) bond motifs is 1. The van der Waals surface area contributed by atoms with Crippen molar-refractivity contribution in [2.75, 3.05) is 5.01 Å². The Labute approximate surface area is 163 Å². The van der Waals surface area contributed by atoms with Gasteiger partial charge in [-0.15, -0.1) is 4.83 Å². The van der Waals surface area contributed by atoms with Crippen molar-refractivity contribution in [2.24, 2.45) is 0 Å². The third-order valence-electron chi connectivity index (χ3n) is 4.56.